The van der Waals surface area contributed by atoms with Crippen LogP contribution in [0.15, 0.2) is 24.3 Å². The molecule has 0 saturated carbocycles. The average molecular weight is 305 g/mol. The molecule has 0 aliphatic rings. The van der Waals surface area contributed by atoms with Gasteiger partial charge in [0, 0.05) is 6.04 Å². The normalized spacial score (nSPS) is 14.4. The Morgan fingerprint density at radius 3 is 2.29 bits per heavy atom. The van der Waals surface area contributed by atoms with Crippen molar-refractivity contribution in [2.45, 2.75) is 39.2 Å². The summed E-state index contributed by atoms with van der Waals surface area (Å²) in [5.41, 5.74) is 0.737. The van der Waals surface area contributed by atoms with Gasteiger partial charge in [-0.2, -0.15) is 0 Å². The summed E-state index contributed by atoms with van der Waals surface area (Å²) in [5, 5.41) is 3.01. The second-order valence-corrected chi connectivity index (χ2v) is 4.48. The van der Waals surface area contributed by atoms with E-state index in [0.717, 1.165) is 5.56 Å². The molecule has 0 fully saturated rings. The Kier molecular flexibility index (Phi) is 6.02. The Bertz CT molecular complexity index is 460. The van der Waals surface area contributed by atoms with Crippen LogP contribution in [0.1, 0.15) is 32.4 Å². The van der Waals surface area contributed by atoms with Gasteiger partial charge in [0.25, 0.3) is 0 Å². The number of hydrogen-bond acceptors (Lipinski definition) is 4. The van der Waals surface area contributed by atoms with Gasteiger partial charge in [-0.1, -0.05) is 12.1 Å². The van der Waals surface area contributed by atoms with E-state index in [2.05, 4.69) is 10.1 Å². The van der Waals surface area contributed by atoms with Crippen molar-refractivity contribution < 1.29 is 27.4 Å². The topological polar surface area (TPSA) is 47.6 Å². The lowest BCUT2D eigenvalue weighted by Crippen LogP contribution is -2.37. The zero-order chi connectivity index (χ0) is 16.0. The van der Waals surface area contributed by atoms with E-state index in [1.807, 2.05) is 0 Å². The highest BCUT2D eigenvalue weighted by molar-refractivity contribution is 5.75. The SMILES string of the molecule is CCOC(=O)C(C)NC(C)c1ccc(OC(F)(F)F)cc1. The summed E-state index contributed by atoms with van der Waals surface area (Å²) in [7, 11) is 0. The number of ether oxygens (including phenoxy) is 2. The van der Waals surface area contributed by atoms with Gasteiger partial charge in [0.15, 0.2) is 0 Å². The molecule has 0 aliphatic carbocycles. The number of halogens is 3. The third kappa shape index (κ3) is 6.03. The Morgan fingerprint density at radius 1 is 1.24 bits per heavy atom. The molecule has 0 aliphatic heterocycles. The van der Waals surface area contributed by atoms with Gasteiger partial charge in [-0.05, 0) is 38.5 Å². The molecule has 21 heavy (non-hydrogen) atoms. The van der Waals surface area contributed by atoms with Crippen LogP contribution < -0.4 is 10.1 Å². The Hall–Kier alpha value is -1.76. The molecule has 7 heteroatoms. The van der Waals surface area contributed by atoms with Crippen LogP contribution in [0.25, 0.3) is 0 Å². The number of carbonyl (C=O) groups is 1. The van der Waals surface area contributed by atoms with E-state index in [1.165, 1.54) is 24.3 Å². The minimum atomic E-state index is -4.70. The van der Waals surface area contributed by atoms with Crippen molar-refractivity contribution in [2.24, 2.45) is 0 Å². The van der Waals surface area contributed by atoms with E-state index in [9.17, 15) is 18.0 Å². The highest BCUT2D eigenvalue weighted by atomic mass is 19.4. The van der Waals surface area contributed by atoms with Crippen LogP contribution in [-0.2, 0) is 9.53 Å². The smallest absolute Gasteiger partial charge is 0.465 e. The summed E-state index contributed by atoms with van der Waals surface area (Å²) in [4.78, 5) is 11.5. The number of carbonyl (C=O) groups excluding carboxylic acids is 1. The molecule has 0 aromatic heterocycles. The number of hydrogen-bond donors (Lipinski definition) is 1. The molecule has 1 N–H and O–H groups in total. The van der Waals surface area contributed by atoms with Crippen LogP contribution in [-0.4, -0.2) is 25.0 Å². The van der Waals surface area contributed by atoms with Crippen molar-refractivity contribution in [1.29, 1.82) is 0 Å². The Balaban J connectivity index is 2.63. The van der Waals surface area contributed by atoms with E-state index < -0.39 is 12.4 Å². The van der Waals surface area contributed by atoms with Crippen molar-refractivity contribution in [1.82, 2.24) is 5.32 Å². The quantitative estimate of drug-likeness (QED) is 0.820. The van der Waals surface area contributed by atoms with E-state index in [4.69, 9.17) is 4.74 Å². The lowest BCUT2D eigenvalue weighted by atomic mass is 10.1. The zero-order valence-electron chi connectivity index (χ0n) is 12.0. The Labute approximate surface area is 121 Å². The van der Waals surface area contributed by atoms with Crippen LogP contribution in [0.4, 0.5) is 13.2 Å². The zero-order valence-corrected chi connectivity index (χ0v) is 12.0. The fraction of sp³-hybridized carbons (Fsp3) is 0.500. The van der Waals surface area contributed by atoms with Crippen molar-refractivity contribution in [3.63, 3.8) is 0 Å². The third-order valence-electron chi connectivity index (χ3n) is 2.75. The minimum Gasteiger partial charge on any atom is -0.465 e. The maximum atomic E-state index is 12.0. The lowest BCUT2D eigenvalue weighted by Gasteiger charge is -2.19. The molecule has 2 unspecified atom stereocenters. The summed E-state index contributed by atoms with van der Waals surface area (Å²) >= 11 is 0. The van der Waals surface area contributed by atoms with Crippen molar-refractivity contribution in [2.75, 3.05) is 6.61 Å². The molecule has 0 amide bonds. The fourth-order valence-electron chi connectivity index (χ4n) is 1.76. The standard InChI is InChI=1S/C14H18F3NO3/c1-4-20-13(19)10(3)18-9(2)11-5-7-12(8-6-11)21-14(15,16)17/h5-10,18H,4H2,1-3H3. The van der Waals surface area contributed by atoms with Crippen molar-refractivity contribution in [3.05, 3.63) is 29.8 Å². The lowest BCUT2D eigenvalue weighted by molar-refractivity contribution is -0.274. The second kappa shape index (κ2) is 7.31. The summed E-state index contributed by atoms with van der Waals surface area (Å²) in [6.45, 7) is 5.47. The van der Waals surface area contributed by atoms with E-state index in [1.54, 1.807) is 20.8 Å². The molecule has 0 radical (unpaired) electrons. The molecule has 2 atom stereocenters. The summed E-state index contributed by atoms with van der Waals surface area (Å²) in [5.74, 6) is -0.654. The van der Waals surface area contributed by atoms with Crippen LogP contribution in [0.5, 0.6) is 5.75 Å². The van der Waals surface area contributed by atoms with Crippen LogP contribution in [0.2, 0.25) is 0 Å². The molecule has 0 bridgehead atoms. The fourth-order valence-corrected chi connectivity index (χ4v) is 1.76. The monoisotopic (exact) mass is 305 g/mol. The molecule has 1 rings (SSSR count). The van der Waals surface area contributed by atoms with Gasteiger partial charge >= 0.3 is 12.3 Å². The van der Waals surface area contributed by atoms with E-state index >= 15 is 0 Å². The number of nitrogens with one attached hydrogen (secondary N) is 1. The third-order valence-corrected chi connectivity index (χ3v) is 2.75. The van der Waals surface area contributed by atoms with Gasteiger partial charge in [-0.15, -0.1) is 13.2 Å². The highest BCUT2D eigenvalue weighted by Gasteiger charge is 2.31. The molecule has 0 spiro atoms. The van der Waals surface area contributed by atoms with Gasteiger partial charge in [-0.3, -0.25) is 10.1 Å². The maximum Gasteiger partial charge on any atom is 0.573 e. The largest absolute Gasteiger partial charge is 0.573 e. The van der Waals surface area contributed by atoms with E-state index in [0.29, 0.717) is 6.61 Å². The van der Waals surface area contributed by atoms with Crippen molar-refractivity contribution >= 4 is 5.97 Å². The molecule has 1 aromatic carbocycles. The summed E-state index contributed by atoms with van der Waals surface area (Å²) in [6, 6.07) is 4.76. The number of benzene rings is 1. The predicted molar refractivity (Wildman–Crippen MR) is 70.8 cm³/mol. The van der Waals surface area contributed by atoms with Gasteiger partial charge in [0.2, 0.25) is 0 Å². The summed E-state index contributed by atoms with van der Waals surface area (Å²) in [6.07, 6.45) is -4.70. The first-order valence-corrected chi connectivity index (χ1v) is 6.51. The van der Waals surface area contributed by atoms with Gasteiger partial charge in [0.1, 0.15) is 11.8 Å². The van der Waals surface area contributed by atoms with Crippen molar-refractivity contribution in [3.8, 4) is 5.75 Å². The molecule has 118 valence electrons. The molecular formula is C14H18F3NO3. The molecule has 0 saturated heterocycles. The number of alkyl halides is 3. The first-order valence-electron chi connectivity index (χ1n) is 6.51. The second-order valence-electron chi connectivity index (χ2n) is 4.48. The van der Waals surface area contributed by atoms with Gasteiger partial charge in [-0.25, -0.2) is 0 Å². The minimum absolute atomic E-state index is 0.218. The van der Waals surface area contributed by atoms with Crippen LogP contribution >= 0.6 is 0 Å². The maximum absolute atomic E-state index is 12.0. The highest BCUT2D eigenvalue weighted by Crippen LogP contribution is 2.24. The van der Waals surface area contributed by atoms with Gasteiger partial charge in [0.05, 0.1) is 6.61 Å². The van der Waals surface area contributed by atoms with Crippen LogP contribution in [0.3, 0.4) is 0 Å². The number of rotatable bonds is 6. The first-order chi connectivity index (χ1) is 9.73. The molecule has 4 nitrogen and oxygen atoms in total. The number of esters is 1. The molecule has 1 aromatic rings. The average Bonchev–Trinajstić information content (AvgIpc) is 2.37. The first kappa shape index (κ1) is 17.3. The van der Waals surface area contributed by atoms with Crippen LogP contribution in [0, 0.1) is 0 Å². The predicted octanol–water partition coefficient (Wildman–Crippen LogP) is 3.19. The van der Waals surface area contributed by atoms with Gasteiger partial charge < -0.3 is 9.47 Å². The molecule has 0 heterocycles. The summed E-state index contributed by atoms with van der Waals surface area (Å²) < 4.78 is 44.8. The Morgan fingerprint density at radius 2 is 1.81 bits per heavy atom. The molecular weight excluding hydrogens is 287 g/mol. The van der Waals surface area contributed by atoms with E-state index in [-0.39, 0.29) is 17.8 Å².